The number of nitrogens with zero attached hydrogens (tertiary/aromatic N) is 3. The van der Waals surface area contributed by atoms with Gasteiger partial charge in [0.25, 0.3) is 5.69 Å². The number of sulfonamides is 1. The fourth-order valence-corrected chi connectivity index (χ4v) is 4.59. The molecule has 1 aliphatic rings. The number of rotatable bonds is 5. The summed E-state index contributed by atoms with van der Waals surface area (Å²) in [5.41, 5.74) is 0.109. The largest absolute Gasteiger partial charge is 0.363 e. The van der Waals surface area contributed by atoms with Crippen LogP contribution in [0.15, 0.2) is 41.3 Å². The fraction of sp³-hybridized carbons (Fsp3) is 0.235. The minimum atomic E-state index is -4.39. The maximum atomic E-state index is 13.9. The highest BCUT2D eigenvalue weighted by molar-refractivity contribution is 7.89. The molecule has 0 unspecified atom stereocenters. The van der Waals surface area contributed by atoms with Crippen molar-refractivity contribution in [3.8, 4) is 0 Å². The summed E-state index contributed by atoms with van der Waals surface area (Å²) in [5, 5.41) is 11.3. The lowest BCUT2D eigenvalue weighted by Gasteiger charge is -2.35. The number of anilines is 1. The fourth-order valence-electron chi connectivity index (χ4n) is 3.05. The van der Waals surface area contributed by atoms with E-state index >= 15 is 0 Å². The molecule has 2 aromatic carbocycles. The Morgan fingerprint density at radius 1 is 1.04 bits per heavy atom. The Morgan fingerprint density at radius 2 is 1.64 bits per heavy atom. The number of nitro benzene ring substituents is 1. The quantitative estimate of drug-likeness (QED) is 0.425. The molecule has 0 spiro atoms. The van der Waals surface area contributed by atoms with Crippen molar-refractivity contribution in [3.63, 3.8) is 0 Å². The van der Waals surface area contributed by atoms with Gasteiger partial charge in [0.05, 0.1) is 4.92 Å². The Balaban J connectivity index is 1.84. The van der Waals surface area contributed by atoms with Crippen LogP contribution in [0.1, 0.15) is 10.4 Å². The number of nitro groups is 1. The molecular weight excluding hydrogens is 396 g/mol. The summed E-state index contributed by atoms with van der Waals surface area (Å²) in [6.07, 6.45) is 0.490. The minimum Gasteiger partial charge on any atom is -0.363 e. The molecule has 0 aromatic heterocycles. The number of aldehydes is 1. The molecule has 3 rings (SSSR count). The van der Waals surface area contributed by atoms with Gasteiger partial charge in [-0.2, -0.15) is 4.31 Å². The summed E-state index contributed by atoms with van der Waals surface area (Å²) in [4.78, 5) is 22.1. The Bertz CT molecular complexity index is 1020. The van der Waals surface area contributed by atoms with Crippen molar-refractivity contribution in [2.24, 2.45) is 0 Å². The van der Waals surface area contributed by atoms with E-state index in [1.54, 1.807) is 4.90 Å². The molecule has 148 valence electrons. The SMILES string of the molecule is O=Cc1ccc(N2CCN(S(=O)(=O)c3c(F)cccc3F)CC2)c([N+](=O)[O-])c1. The number of benzene rings is 2. The zero-order chi connectivity index (χ0) is 20.5. The van der Waals surface area contributed by atoms with Crippen LogP contribution in [-0.2, 0) is 10.0 Å². The maximum absolute atomic E-state index is 13.9. The minimum absolute atomic E-state index is 0.0799. The van der Waals surface area contributed by atoms with Crippen molar-refractivity contribution < 1.29 is 26.9 Å². The molecular formula is C17H15F2N3O5S. The molecule has 0 aliphatic carbocycles. The number of hydrogen-bond acceptors (Lipinski definition) is 6. The zero-order valence-corrected chi connectivity index (χ0v) is 15.2. The van der Waals surface area contributed by atoms with Crippen molar-refractivity contribution in [2.75, 3.05) is 31.1 Å². The molecule has 1 aliphatic heterocycles. The third-order valence-corrected chi connectivity index (χ3v) is 6.38. The maximum Gasteiger partial charge on any atom is 0.293 e. The van der Waals surface area contributed by atoms with Crippen LogP contribution in [0.4, 0.5) is 20.2 Å². The van der Waals surface area contributed by atoms with Crippen LogP contribution in [0.25, 0.3) is 0 Å². The second-order valence-corrected chi connectivity index (χ2v) is 7.94. The molecule has 0 atom stereocenters. The topological polar surface area (TPSA) is 101 Å². The van der Waals surface area contributed by atoms with Crippen LogP contribution in [0, 0.1) is 21.7 Å². The number of hydrogen-bond donors (Lipinski definition) is 0. The number of carbonyl (C=O) groups is 1. The molecule has 11 heteroatoms. The standard InChI is InChI=1S/C17H15F2N3O5S/c18-13-2-1-3-14(19)17(13)28(26,27)21-8-6-20(7-9-21)15-5-4-12(11-23)10-16(15)22(24)25/h1-5,10-11H,6-9H2. The Morgan fingerprint density at radius 3 is 2.18 bits per heavy atom. The Labute approximate surface area is 159 Å². The van der Waals surface area contributed by atoms with Crippen molar-refractivity contribution >= 4 is 27.7 Å². The highest BCUT2D eigenvalue weighted by Gasteiger charge is 2.34. The zero-order valence-electron chi connectivity index (χ0n) is 14.4. The van der Waals surface area contributed by atoms with E-state index in [-0.39, 0.29) is 43.1 Å². The summed E-state index contributed by atoms with van der Waals surface area (Å²) in [6.45, 7) is -0.0570. The average Bonchev–Trinajstić information content (AvgIpc) is 2.67. The average molecular weight is 411 g/mol. The first kappa shape index (κ1) is 19.8. The highest BCUT2D eigenvalue weighted by atomic mass is 32.2. The van der Waals surface area contributed by atoms with E-state index < -0.39 is 31.5 Å². The molecule has 0 N–H and O–H groups in total. The van der Waals surface area contributed by atoms with Crippen LogP contribution < -0.4 is 4.90 Å². The second-order valence-electron chi connectivity index (χ2n) is 6.07. The van der Waals surface area contributed by atoms with E-state index in [1.807, 2.05) is 0 Å². The highest BCUT2D eigenvalue weighted by Crippen LogP contribution is 2.31. The smallest absolute Gasteiger partial charge is 0.293 e. The number of halogens is 2. The van der Waals surface area contributed by atoms with Crippen molar-refractivity contribution in [3.05, 3.63) is 63.7 Å². The molecule has 1 fully saturated rings. The predicted octanol–water partition coefficient (Wildman–Crippen LogP) is 2.20. The summed E-state index contributed by atoms with van der Waals surface area (Å²) >= 11 is 0. The van der Waals surface area contributed by atoms with Crippen molar-refractivity contribution in [2.45, 2.75) is 4.90 Å². The lowest BCUT2D eigenvalue weighted by molar-refractivity contribution is -0.384. The lowest BCUT2D eigenvalue weighted by atomic mass is 10.1. The number of carbonyl (C=O) groups excluding carboxylic acids is 1. The van der Waals surface area contributed by atoms with Gasteiger partial charge in [-0.25, -0.2) is 17.2 Å². The van der Waals surface area contributed by atoms with Crippen LogP contribution in [0.5, 0.6) is 0 Å². The van der Waals surface area contributed by atoms with Gasteiger partial charge in [-0.15, -0.1) is 0 Å². The van der Waals surface area contributed by atoms with Gasteiger partial charge >= 0.3 is 0 Å². The molecule has 0 bridgehead atoms. The van der Waals surface area contributed by atoms with Gasteiger partial charge in [-0.3, -0.25) is 14.9 Å². The van der Waals surface area contributed by atoms with Gasteiger partial charge in [0.2, 0.25) is 10.0 Å². The van der Waals surface area contributed by atoms with Crippen molar-refractivity contribution in [1.29, 1.82) is 0 Å². The Hall–Kier alpha value is -2.92. The van der Waals surface area contributed by atoms with Gasteiger partial charge in [-0.05, 0) is 24.3 Å². The second kappa shape index (κ2) is 7.60. The van der Waals surface area contributed by atoms with E-state index in [0.717, 1.165) is 28.6 Å². The molecule has 2 aromatic rings. The third kappa shape index (κ3) is 3.58. The summed E-state index contributed by atoms with van der Waals surface area (Å²) < 4.78 is 54.0. The summed E-state index contributed by atoms with van der Waals surface area (Å²) in [6, 6.07) is 6.79. The molecule has 28 heavy (non-hydrogen) atoms. The normalized spacial score (nSPS) is 15.4. The van der Waals surface area contributed by atoms with Crippen LogP contribution >= 0.6 is 0 Å². The van der Waals surface area contributed by atoms with E-state index in [0.29, 0.717) is 6.29 Å². The molecule has 0 saturated carbocycles. The van der Waals surface area contributed by atoms with E-state index in [1.165, 1.54) is 12.1 Å². The first-order valence-electron chi connectivity index (χ1n) is 8.18. The van der Waals surface area contributed by atoms with Crippen LogP contribution in [0.2, 0.25) is 0 Å². The van der Waals surface area contributed by atoms with Crippen molar-refractivity contribution in [1.82, 2.24) is 4.31 Å². The Kier molecular flexibility index (Phi) is 5.38. The van der Waals surface area contributed by atoms with Gasteiger partial charge in [0.15, 0.2) is 4.90 Å². The summed E-state index contributed by atoms with van der Waals surface area (Å²) in [7, 11) is -4.39. The monoisotopic (exact) mass is 411 g/mol. The van der Waals surface area contributed by atoms with Crippen LogP contribution in [0.3, 0.4) is 0 Å². The van der Waals surface area contributed by atoms with E-state index in [4.69, 9.17) is 0 Å². The van der Waals surface area contributed by atoms with Gasteiger partial charge in [0.1, 0.15) is 23.6 Å². The third-order valence-electron chi connectivity index (χ3n) is 4.43. The van der Waals surface area contributed by atoms with Crippen LogP contribution in [-0.4, -0.2) is 50.1 Å². The van der Waals surface area contributed by atoms with E-state index in [9.17, 15) is 32.1 Å². The lowest BCUT2D eigenvalue weighted by Crippen LogP contribution is -2.49. The van der Waals surface area contributed by atoms with Gasteiger partial charge in [-0.1, -0.05) is 6.07 Å². The summed E-state index contributed by atoms with van der Waals surface area (Å²) in [5.74, 6) is -2.36. The van der Waals surface area contributed by atoms with E-state index in [2.05, 4.69) is 0 Å². The molecule has 0 amide bonds. The molecule has 1 heterocycles. The first-order chi connectivity index (χ1) is 13.3. The number of piperazine rings is 1. The van der Waals surface area contributed by atoms with Gasteiger partial charge < -0.3 is 4.90 Å². The first-order valence-corrected chi connectivity index (χ1v) is 9.62. The van der Waals surface area contributed by atoms with Gasteiger partial charge in [0, 0.05) is 37.8 Å². The predicted molar refractivity (Wildman–Crippen MR) is 95.8 cm³/mol. The molecule has 8 nitrogen and oxygen atoms in total. The molecule has 1 saturated heterocycles. The molecule has 0 radical (unpaired) electrons.